The number of hydrogen-bond acceptors (Lipinski definition) is 3. The maximum absolute atomic E-state index is 4.42. The first kappa shape index (κ1) is 15.5. The van der Waals surface area contributed by atoms with Crippen LogP contribution in [0.15, 0.2) is 12.5 Å². The quantitative estimate of drug-likeness (QED) is 0.868. The molecule has 2 atom stereocenters. The van der Waals surface area contributed by atoms with E-state index >= 15 is 0 Å². The standard InChI is InChI=1S/C16H30N4/c1-5-8-19-9-6-7-14(10-17-4)16(19)15-11-18-12-20(15)13(2)3/h11-14,16-17H,5-10H2,1-4H3. The normalized spacial score (nSPS) is 24.4. The molecule has 0 saturated carbocycles. The molecular weight excluding hydrogens is 248 g/mol. The molecule has 0 aromatic carbocycles. The summed E-state index contributed by atoms with van der Waals surface area (Å²) < 4.78 is 2.35. The fraction of sp³-hybridized carbons (Fsp3) is 0.812. The number of likely N-dealkylation sites (tertiary alicyclic amines) is 1. The van der Waals surface area contributed by atoms with Crippen LogP contribution in [0.25, 0.3) is 0 Å². The third-order valence-electron chi connectivity index (χ3n) is 4.39. The summed E-state index contributed by atoms with van der Waals surface area (Å²) >= 11 is 0. The fourth-order valence-corrected chi connectivity index (χ4v) is 3.57. The molecule has 4 heteroatoms. The van der Waals surface area contributed by atoms with Crippen molar-refractivity contribution in [3.63, 3.8) is 0 Å². The Morgan fingerprint density at radius 3 is 2.90 bits per heavy atom. The van der Waals surface area contributed by atoms with Crippen LogP contribution in [0, 0.1) is 5.92 Å². The van der Waals surface area contributed by atoms with E-state index in [0.717, 1.165) is 6.54 Å². The Morgan fingerprint density at radius 1 is 1.45 bits per heavy atom. The Kier molecular flexibility index (Phi) is 5.61. The van der Waals surface area contributed by atoms with Crippen molar-refractivity contribution in [2.24, 2.45) is 5.92 Å². The van der Waals surface area contributed by atoms with Crippen molar-refractivity contribution in [1.29, 1.82) is 0 Å². The van der Waals surface area contributed by atoms with Crippen LogP contribution < -0.4 is 5.32 Å². The molecule has 0 amide bonds. The van der Waals surface area contributed by atoms with E-state index in [1.54, 1.807) is 0 Å². The maximum atomic E-state index is 4.42. The predicted octanol–water partition coefficient (Wildman–Crippen LogP) is 2.85. The SMILES string of the molecule is CCCN1CCCC(CNC)C1c1cncn1C(C)C. The highest BCUT2D eigenvalue weighted by Crippen LogP contribution is 2.36. The van der Waals surface area contributed by atoms with Crippen molar-refractivity contribution in [3.05, 3.63) is 18.2 Å². The van der Waals surface area contributed by atoms with Crippen LogP contribution in [-0.4, -0.2) is 41.1 Å². The van der Waals surface area contributed by atoms with E-state index in [-0.39, 0.29) is 0 Å². The van der Waals surface area contributed by atoms with Crippen LogP contribution in [0.1, 0.15) is 57.8 Å². The van der Waals surface area contributed by atoms with Gasteiger partial charge in [-0.3, -0.25) is 4.90 Å². The molecular formula is C16H30N4. The van der Waals surface area contributed by atoms with Gasteiger partial charge in [-0.05, 0) is 65.7 Å². The summed E-state index contributed by atoms with van der Waals surface area (Å²) in [6.45, 7) is 10.3. The van der Waals surface area contributed by atoms with Gasteiger partial charge in [-0.2, -0.15) is 0 Å². The van der Waals surface area contributed by atoms with Crippen LogP contribution in [0.3, 0.4) is 0 Å². The first-order valence-corrected chi connectivity index (χ1v) is 8.09. The molecule has 2 rings (SSSR count). The number of nitrogens with one attached hydrogen (secondary N) is 1. The largest absolute Gasteiger partial charge is 0.331 e. The number of hydrogen-bond donors (Lipinski definition) is 1. The molecule has 2 unspecified atom stereocenters. The van der Waals surface area contributed by atoms with E-state index in [1.807, 2.05) is 6.33 Å². The highest BCUT2D eigenvalue weighted by atomic mass is 15.2. The van der Waals surface area contributed by atoms with Gasteiger partial charge in [0.2, 0.25) is 0 Å². The molecule has 4 nitrogen and oxygen atoms in total. The van der Waals surface area contributed by atoms with Crippen molar-refractivity contribution >= 4 is 0 Å². The number of imidazole rings is 1. The zero-order chi connectivity index (χ0) is 14.5. The number of rotatable bonds is 6. The Hall–Kier alpha value is -0.870. The van der Waals surface area contributed by atoms with Gasteiger partial charge in [0.05, 0.1) is 18.1 Å². The van der Waals surface area contributed by atoms with E-state index in [0.29, 0.717) is 18.0 Å². The third kappa shape index (κ3) is 3.23. The molecule has 2 heterocycles. The van der Waals surface area contributed by atoms with Gasteiger partial charge in [0.25, 0.3) is 0 Å². The molecule has 0 spiro atoms. The first-order valence-electron chi connectivity index (χ1n) is 8.09. The molecule has 1 aromatic rings. The summed E-state index contributed by atoms with van der Waals surface area (Å²) in [6.07, 6.45) is 7.93. The van der Waals surface area contributed by atoms with Gasteiger partial charge in [0.15, 0.2) is 0 Å². The van der Waals surface area contributed by atoms with Crippen molar-refractivity contribution in [2.75, 3.05) is 26.7 Å². The lowest BCUT2D eigenvalue weighted by Gasteiger charge is -2.42. The van der Waals surface area contributed by atoms with Crippen LogP contribution in [-0.2, 0) is 0 Å². The average molecular weight is 278 g/mol. The van der Waals surface area contributed by atoms with Crippen LogP contribution >= 0.6 is 0 Å². The summed E-state index contributed by atoms with van der Waals surface area (Å²) in [4.78, 5) is 7.09. The lowest BCUT2D eigenvalue weighted by molar-refractivity contribution is 0.0860. The topological polar surface area (TPSA) is 33.1 Å². The first-order chi connectivity index (χ1) is 9.69. The van der Waals surface area contributed by atoms with Crippen LogP contribution in [0.5, 0.6) is 0 Å². The second-order valence-electron chi connectivity index (χ2n) is 6.26. The molecule has 0 radical (unpaired) electrons. The van der Waals surface area contributed by atoms with Crippen molar-refractivity contribution in [1.82, 2.24) is 19.8 Å². The Bertz CT molecular complexity index is 381. The maximum Gasteiger partial charge on any atom is 0.0951 e. The third-order valence-corrected chi connectivity index (χ3v) is 4.39. The highest BCUT2D eigenvalue weighted by molar-refractivity contribution is 5.10. The molecule has 1 fully saturated rings. The van der Waals surface area contributed by atoms with E-state index in [2.05, 4.69) is 53.8 Å². The fourth-order valence-electron chi connectivity index (χ4n) is 3.57. The molecule has 0 bridgehead atoms. The molecule has 1 aromatic heterocycles. The average Bonchev–Trinajstić information content (AvgIpc) is 2.89. The Labute approximate surface area is 123 Å². The second-order valence-corrected chi connectivity index (χ2v) is 6.26. The van der Waals surface area contributed by atoms with Gasteiger partial charge in [0, 0.05) is 12.2 Å². The molecule has 1 aliphatic heterocycles. The van der Waals surface area contributed by atoms with Crippen molar-refractivity contribution < 1.29 is 0 Å². The van der Waals surface area contributed by atoms with E-state index in [1.165, 1.54) is 38.0 Å². The van der Waals surface area contributed by atoms with Crippen molar-refractivity contribution in [3.8, 4) is 0 Å². The Morgan fingerprint density at radius 2 is 2.25 bits per heavy atom. The molecule has 20 heavy (non-hydrogen) atoms. The van der Waals surface area contributed by atoms with Gasteiger partial charge in [0.1, 0.15) is 0 Å². The molecule has 0 aliphatic carbocycles. The molecule has 114 valence electrons. The minimum Gasteiger partial charge on any atom is -0.331 e. The van der Waals surface area contributed by atoms with E-state index < -0.39 is 0 Å². The van der Waals surface area contributed by atoms with Gasteiger partial charge >= 0.3 is 0 Å². The number of nitrogens with zero attached hydrogens (tertiary/aromatic N) is 3. The molecule has 1 aliphatic rings. The second kappa shape index (κ2) is 7.23. The molecule has 1 saturated heterocycles. The van der Waals surface area contributed by atoms with Gasteiger partial charge in [-0.1, -0.05) is 6.92 Å². The van der Waals surface area contributed by atoms with Gasteiger partial charge in [-0.25, -0.2) is 4.98 Å². The summed E-state index contributed by atoms with van der Waals surface area (Å²) in [5.74, 6) is 0.689. The van der Waals surface area contributed by atoms with E-state index in [9.17, 15) is 0 Å². The zero-order valence-corrected chi connectivity index (χ0v) is 13.5. The van der Waals surface area contributed by atoms with Crippen LogP contribution in [0.4, 0.5) is 0 Å². The predicted molar refractivity (Wildman–Crippen MR) is 83.9 cm³/mol. The summed E-state index contributed by atoms with van der Waals surface area (Å²) in [7, 11) is 2.07. The number of aromatic nitrogens is 2. The Balaban J connectivity index is 2.30. The monoisotopic (exact) mass is 278 g/mol. The number of piperidine rings is 1. The van der Waals surface area contributed by atoms with Gasteiger partial charge < -0.3 is 9.88 Å². The summed E-state index contributed by atoms with van der Waals surface area (Å²) in [5.41, 5.74) is 1.40. The smallest absolute Gasteiger partial charge is 0.0951 e. The van der Waals surface area contributed by atoms with E-state index in [4.69, 9.17) is 0 Å². The molecule has 1 N–H and O–H groups in total. The summed E-state index contributed by atoms with van der Waals surface area (Å²) in [5, 5.41) is 3.38. The minimum absolute atomic E-state index is 0.480. The lowest BCUT2D eigenvalue weighted by atomic mass is 9.86. The highest BCUT2D eigenvalue weighted by Gasteiger charge is 2.33. The lowest BCUT2D eigenvalue weighted by Crippen LogP contribution is -2.43. The summed E-state index contributed by atoms with van der Waals surface area (Å²) in [6, 6.07) is 0.995. The van der Waals surface area contributed by atoms with Crippen molar-refractivity contribution in [2.45, 2.75) is 52.1 Å². The van der Waals surface area contributed by atoms with Crippen LogP contribution in [0.2, 0.25) is 0 Å². The van der Waals surface area contributed by atoms with Gasteiger partial charge in [-0.15, -0.1) is 0 Å². The zero-order valence-electron chi connectivity index (χ0n) is 13.5. The minimum atomic E-state index is 0.480.